The van der Waals surface area contributed by atoms with E-state index in [2.05, 4.69) is 38.2 Å². The third-order valence-electron chi connectivity index (χ3n) is 3.42. The van der Waals surface area contributed by atoms with E-state index in [0.29, 0.717) is 6.04 Å². The zero-order chi connectivity index (χ0) is 15.1. The van der Waals surface area contributed by atoms with Crippen LogP contribution in [0, 0.1) is 5.92 Å². The highest BCUT2D eigenvalue weighted by molar-refractivity contribution is 5.47. The Morgan fingerprint density at radius 1 is 0.810 bits per heavy atom. The number of para-hydroxylation sites is 1. The number of ether oxygens (including phenoxy) is 1. The minimum atomic E-state index is 0.494. The zero-order valence-corrected chi connectivity index (χ0v) is 13.2. The summed E-state index contributed by atoms with van der Waals surface area (Å²) in [6, 6.07) is 18.5. The Balaban J connectivity index is 1.87. The Morgan fingerprint density at radius 3 is 2.05 bits per heavy atom. The average molecular weight is 283 g/mol. The molecule has 1 unspecified atom stereocenters. The summed E-state index contributed by atoms with van der Waals surface area (Å²) in [4.78, 5) is 0. The van der Waals surface area contributed by atoms with E-state index in [1.807, 2.05) is 42.5 Å². The maximum atomic E-state index is 5.79. The fourth-order valence-electron chi connectivity index (χ4n) is 2.18. The van der Waals surface area contributed by atoms with Gasteiger partial charge in [-0.2, -0.15) is 0 Å². The van der Waals surface area contributed by atoms with Crippen LogP contribution in [0.25, 0.3) is 0 Å². The minimum absolute atomic E-state index is 0.494. The lowest BCUT2D eigenvalue weighted by atomic mass is 10.0. The number of rotatable bonds is 7. The molecule has 112 valence electrons. The van der Waals surface area contributed by atoms with Crippen LogP contribution in [-0.2, 0) is 0 Å². The minimum Gasteiger partial charge on any atom is -0.457 e. The summed E-state index contributed by atoms with van der Waals surface area (Å²) in [6.45, 7) is 6.77. The lowest BCUT2D eigenvalue weighted by Crippen LogP contribution is -2.15. The molecule has 0 heterocycles. The standard InChI is InChI=1S/C19H25NO/c1-15(2)9-10-16(3)20-17-11-13-19(14-12-17)21-18-7-5-4-6-8-18/h4-8,11-16,20H,9-10H2,1-3H3. The quantitative estimate of drug-likeness (QED) is 0.702. The molecule has 0 aliphatic carbocycles. The summed E-state index contributed by atoms with van der Waals surface area (Å²) in [5.74, 6) is 2.49. The van der Waals surface area contributed by atoms with E-state index >= 15 is 0 Å². The molecule has 21 heavy (non-hydrogen) atoms. The van der Waals surface area contributed by atoms with Gasteiger partial charge in [-0.1, -0.05) is 32.0 Å². The lowest BCUT2D eigenvalue weighted by Gasteiger charge is -2.16. The van der Waals surface area contributed by atoms with Gasteiger partial charge in [0.1, 0.15) is 11.5 Å². The van der Waals surface area contributed by atoms with Crippen LogP contribution >= 0.6 is 0 Å². The molecule has 2 heteroatoms. The van der Waals surface area contributed by atoms with E-state index in [4.69, 9.17) is 4.74 Å². The summed E-state index contributed by atoms with van der Waals surface area (Å²) < 4.78 is 5.79. The number of benzene rings is 2. The van der Waals surface area contributed by atoms with Crippen LogP contribution in [0.5, 0.6) is 11.5 Å². The van der Waals surface area contributed by atoms with Crippen molar-refractivity contribution in [2.45, 2.75) is 39.7 Å². The molecular formula is C19H25NO. The SMILES string of the molecule is CC(C)CCC(C)Nc1ccc(Oc2ccccc2)cc1. The molecule has 2 aromatic carbocycles. The molecule has 1 N–H and O–H groups in total. The molecule has 0 aliphatic heterocycles. The second kappa shape index (κ2) is 7.72. The van der Waals surface area contributed by atoms with Crippen LogP contribution in [0.15, 0.2) is 54.6 Å². The summed E-state index contributed by atoms with van der Waals surface area (Å²) in [7, 11) is 0. The van der Waals surface area contributed by atoms with E-state index in [1.54, 1.807) is 0 Å². The molecule has 0 saturated carbocycles. The first-order chi connectivity index (χ1) is 10.1. The maximum absolute atomic E-state index is 5.79. The first-order valence-corrected chi connectivity index (χ1v) is 7.73. The van der Waals surface area contributed by atoms with Gasteiger partial charge in [-0.15, -0.1) is 0 Å². The average Bonchev–Trinajstić information content (AvgIpc) is 2.48. The largest absolute Gasteiger partial charge is 0.457 e. The Labute approximate surface area is 128 Å². The molecule has 2 aromatic rings. The van der Waals surface area contributed by atoms with E-state index in [-0.39, 0.29) is 0 Å². The van der Waals surface area contributed by atoms with E-state index in [9.17, 15) is 0 Å². The maximum Gasteiger partial charge on any atom is 0.127 e. The van der Waals surface area contributed by atoms with E-state index in [1.165, 1.54) is 12.8 Å². The molecule has 0 saturated heterocycles. The van der Waals surface area contributed by atoms with Gasteiger partial charge in [-0.05, 0) is 62.1 Å². The van der Waals surface area contributed by atoms with Crippen LogP contribution in [-0.4, -0.2) is 6.04 Å². The molecule has 0 radical (unpaired) electrons. The van der Waals surface area contributed by atoms with E-state index < -0.39 is 0 Å². The van der Waals surface area contributed by atoms with E-state index in [0.717, 1.165) is 23.1 Å². The van der Waals surface area contributed by atoms with Gasteiger partial charge in [0.15, 0.2) is 0 Å². The normalized spacial score (nSPS) is 12.2. The van der Waals surface area contributed by atoms with Crippen LogP contribution in [0.3, 0.4) is 0 Å². The predicted molar refractivity (Wildman–Crippen MR) is 90.1 cm³/mol. The van der Waals surface area contributed by atoms with Crippen molar-refractivity contribution in [3.05, 3.63) is 54.6 Å². The summed E-state index contributed by atoms with van der Waals surface area (Å²) in [5.41, 5.74) is 1.15. The van der Waals surface area contributed by atoms with Crippen molar-refractivity contribution in [1.29, 1.82) is 0 Å². The molecule has 0 aromatic heterocycles. The van der Waals surface area contributed by atoms with Crippen LogP contribution in [0.4, 0.5) is 5.69 Å². The van der Waals surface area contributed by atoms with Gasteiger partial charge in [-0.25, -0.2) is 0 Å². The number of anilines is 1. The summed E-state index contributed by atoms with van der Waals surface area (Å²) in [6.07, 6.45) is 2.45. The summed E-state index contributed by atoms with van der Waals surface area (Å²) in [5, 5.41) is 3.53. The molecule has 0 spiro atoms. The van der Waals surface area contributed by atoms with Gasteiger partial charge in [-0.3, -0.25) is 0 Å². The van der Waals surface area contributed by atoms with Crippen molar-refractivity contribution in [3.63, 3.8) is 0 Å². The molecule has 2 nitrogen and oxygen atoms in total. The van der Waals surface area contributed by atoms with Crippen LogP contribution in [0.1, 0.15) is 33.6 Å². The third kappa shape index (κ3) is 5.50. The van der Waals surface area contributed by atoms with Crippen molar-refractivity contribution < 1.29 is 4.74 Å². The summed E-state index contributed by atoms with van der Waals surface area (Å²) >= 11 is 0. The fourth-order valence-corrected chi connectivity index (χ4v) is 2.18. The highest BCUT2D eigenvalue weighted by Crippen LogP contribution is 2.23. The van der Waals surface area contributed by atoms with Crippen molar-refractivity contribution in [2.75, 3.05) is 5.32 Å². The van der Waals surface area contributed by atoms with Crippen molar-refractivity contribution in [1.82, 2.24) is 0 Å². The second-order valence-electron chi connectivity index (χ2n) is 5.96. The predicted octanol–water partition coefficient (Wildman–Crippen LogP) is 5.72. The van der Waals surface area contributed by atoms with Crippen LogP contribution in [0.2, 0.25) is 0 Å². The topological polar surface area (TPSA) is 21.3 Å². The van der Waals surface area contributed by atoms with Crippen molar-refractivity contribution in [3.8, 4) is 11.5 Å². The molecule has 0 aliphatic rings. The van der Waals surface area contributed by atoms with Gasteiger partial charge >= 0.3 is 0 Å². The van der Waals surface area contributed by atoms with Gasteiger partial charge in [0.25, 0.3) is 0 Å². The first kappa shape index (κ1) is 15.4. The van der Waals surface area contributed by atoms with Gasteiger partial charge < -0.3 is 10.1 Å². The number of hydrogen-bond donors (Lipinski definition) is 1. The van der Waals surface area contributed by atoms with Gasteiger partial charge in [0, 0.05) is 11.7 Å². The zero-order valence-electron chi connectivity index (χ0n) is 13.2. The Bertz CT molecular complexity index is 519. The Morgan fingerprint density at radius 2 is 1.43 bits per heavy atom. The molecule has 0 bridgehead atoms. The lowest BCUT2D eigenvalue weighted by molar-refractivity contribution is 0.482. The first-order valence-electron chi connectivity index (χ1n) is 7.73. The van der Waals surface area contributed by atoms with Crippen molar-refractivity contribution >= 4 is 5.69 Å². The van der Waals surface area contributed by atoms with Crippen LogP contribution < -0.4 is 10.1 Å². The Hall–Kier alpha value is -1.96. The number of nitrogens with one attached hydrogen (secondary N) is 1. The molecule has 0 fully saturated rings. The van der Waals surface area contributed by atoms with Crippen molar-refractivity contribution in [2.24, 2.45) is 5.92 Å². The second-order valence-corrected chi connectivity index (χ2v) is 5.96. The Kier molecular flexibility index (Phi) is 5.68. The molecular weight excluding hydrogens is 258 g/mol. The number of hydrogen-bond acceptors (Lipinski definition) is 2. The smallest absolute Gasteiger partial charge is 0.127 e. The molecule has 1 atom stereocenters. The molecule has 2 rings (SSSR count). The molecule has 0 amide bonds. The highest BCUT2D eigenvalue weighted by Gasteiger charge is 2.04. The fraction of sp³-hybridized carbons (Fsp3) is 0.368. The third-order valence-corrected chi connectivity index (χ3v) is 3.42. The van der Waals surface area contributed by atoms with Gasteiger partial charge in [0.05, 0.1) is 0 Å². The van der Waals surface area contributed by atoms with Gasteiger partial charge in [0.2, 0.25) is 0 Å². The monoisotopic (exact) mass is 283 g/mol. The highest BCUT2D eigenvalue weighted by atomic mass is 16.5.